The summed E-state index contributed by atoms with van der Waals surface area (Å²) in [5.74, 6) is 0. The van der Waals surface area contributed by atoms with Gasteiger partial charge in [0.2, 0.25) is 0 Å². The van der Waals surface area contributed by atoms with Crippen LogP contribution in [0.4, 0.5) is 0 Å². The molecule has 0 saturated heterocycles. The molecule has 72 valence electrons. The highest BCUT2D eigenvalue weighted by Gasteiger charge is 2.14. The van der Waals surface area contributed by atoms with Gasteiger partial charge in [-0.1, -0.05) is 28.1 Å². The standard InChI is InChI=1S/C9H13BrN2O/c10-7-3-1-2-6(4-7)9(12)8(13)5-11/h1-4,8-9,13H,5,11-12H2. The van der Waals surface area contributed by atoms with Gasteiger partial charge in [-0.3, -0.25) is 0 Å². The van der Waals surface area contributed by atoms with Crippen LogP contribution in [0.2, 0.25) is 0 Å². The van der Waals surface area contributed by atoms with E-state index in [0.717, 1.165) is 10.0 Å². The first-order chi connectivity index (χ1) is 6.15. The molecule has 0 aliphatic carbocycles. The summed E-state index contributed by atoms with van der Waals surface area (Å²) in [5, 5.41) is 9.41. The summed E-state index contributed by atoms with van der Waals surface area (Å²) >= 11 is 3.33. The van der Waals surface area contributed by atoms with Crippen LogP contribution >= 0.6 is 15.9 Å². The fourth-order valence-corrected chi connectivity index (χ4v) is 1.50. The van der Waals surface area contributed by atoms with Crippen LogP contribution in [0.3, 0.4) is 0 Å². The van der Waals surface area contributed by atoms with Crippen molar-refractivity contribution in [1.29, 1.82) is 0 Å². The van der Waals surface area contributed by atoms with Gasteiger partial charge in [0.25, 0.3) is 0 Å². The highest BCUT2D eigenvalue weighted by Crippen LogP contribution is 2.18. The summed E-state index contributed by atoms with van der Waals surface area (Å²) in [4.78, 5) is 0. The summed E-state index contributed by atoms with van der Waals surface area (Å²) in [6, 6.07) is 7.12. The molecule has 13 heavy (non-hydrogen) atoms. The number of halogens is 1. The molecule has 0 fully saturated rings. The van der Waals surface area contributed by atoms with Gasteiger partial charge in [0.1, 0.15) is 0 Å². The van der Waals surface area contributed by atoms with Crippen molar-refractivity contribution in [3.8, 4) is 0 Å². The summed E-state index contributed by atoms with van der Waals surface area (Å²) < 4.78 is 0.949. The molecule has 0 heterocycles. The maximum absolute atomic E-state index is 9.41. The Kier molecular flexibility index (Phi) is 3.87. The average molecular weight is 245 g/mol. The Labute approximate surface area is 85.9 Å². The third-order valence-electron chi connectivity index (χ3n) is 1.89. The topological polar surface area (TPSA) is 72.3 Å². The van der Waals surface area contributed by atoms with Crippen molar-refractivity contribution >= 4 is 15.9 Å². The van der Waals surface area contributed by atoms with Crippen molar-refractivity contribution in [2.75, 3.05) is 6.54 Å². The lowest BCUT2D eigenvalue weighted by molar-refractivity contribution is 0.153. The van der Waals surface area contributed by atoms with Crippen molar-refractivity contribution in [2.45, 2.75) is 12.1 Å². The lowest BCUT2D eigenvalue weighted by atomic mass is 10.0. The first-order valence-corrected chi connectivity index (χ1v) is 4.83. The van der Waals surface area contributed by atoms with Crippen LogP contribution in [0.15, 0.2) is 28.7 Å². The lowest BCUT2D eigenvalue weighted by Crippen LogP contribution is -2.32. The molecule has 0 amide bonds. The maximum atomic E-state index is 9.41. The maximum Gasteiger partial charge on any atom is 0.0854 e. The molecule has 0 bridgehead atoms. The molecule has 0 aromatic heterocycles. The van der Waals surface area contributed by atoms with Crippen LogP contribution in [-0.2, 0) is 0 Å². The van der Waals surface area contributed by atoms with E-state index in [1.165, 1.54) is 0 Å². The third-order valence-corrected chi connectivity index (χ3v) is 2.38. The number of hydrogen-bond donors (Lipinski definition) is 3. The summed E-state index contributed by atoms with van der Waals surface area (Å²) in [7, 11) is 0. The minimum Gasteiger partial charge on any atom is -0.390 e. The van der Waals surface area contributed by atoms with Crippen LogP contribution in [0, 0.1) is 0 Å². The molecule has 0 radical (unpaired) electrons. The SMILES string of the molecule is NCC(O)C(N)c1cccc(Br)c1. The van der Waals surface area contributed by atoms with Gasteiger partial charge in [0, 0.05) is 11.0 Å². The zero-order valence-corrected chi connectivity index (χ0v) is 8.74. The number of hydrogen-bond acceptors (Lipinski definition) is 3. The van der Waals surface area contributed by atoms with Crippen LogP contribution in [0.1, 0.15) is 11.6 Å². The number of aliphatic hydroxyl groups excluding tert-OH is 1. The highest BCUT2D eigenvalue weighted by atomic mass is 79.9. The van der Waals surface area contributed by atoms with E-state index in [9.17, 15) is 5.11 Å². The first kappa shape index (κ1) is 10.7. The largest absolute Gasteiger partial charge is 0.390 e. The molecular formula is C9H13BrN2O. The average Bonchev–Trinajstić information content (AvgIpc) is 2.15. The van der Waals surface area contributed by atoms with E-state index < -0.39 is 12.1 Å². The molecule has 0 spiro atoms. The molecule has 3 nitrogen and oxygen atoms in total. The predicted molar refractivity (Wildman–Crippen MR) is 56.1 cm³/mol. The number of aliphatic hydroxyl groups is 1. The van der Waals surface area contributed by atoms with Gasteiger partial charge in [0.05, 0.1) is 12.1 Å². The minimum atomic E-state index is -0.686. The van der Waals surface area contributed by atoms with Crippen LogP contribution in [0.25, 0.3) is 0 Å². The molecule has 1 aromatic carbocycles. The fraction of sp³-hybridized carbons (Fsp3) is 0.333. The zero-order valence-electron chi connectivity index (χ0n) is 7.15. The Balaban J connectivity index is 2.82. The molecule has 5 N–H and O–H groups in total. The van der Waals surface area contributed by atoms with Gasteiger partial charge < -0.3 is 16.6 Å². The number of nitrogens with two attached hydrogens (primary N) is 2. The third kappa shape index (κ3) is 2.77. The predicted octanol–water partition coefficient (Wildman–Crippen LogP) is 0.769. The molecule has 2 atom stereocenters. The Morgan fingerprint density at radius 1 is 1.46 bits per heavy atom. The second-order valence-electron chi connectivity index (χ2n) is 2.88. The summed E-state index contributed by atoms with van der Waals surface area (Å²) in [6.07, 6.45) is -0.686. The van der Waals surface area contributed by atoms with Crippen molar-refractivity contribution in [3.05, 3.63) is 34.3 Å². The molecule has 0 saturated carbocycles. The Hall–Kier alpha value is -0.420. The molecule has 0 aliphatic heterocycles. The van der Waals surface area contributed by atoms with Crippen molar-refractivity contribution in [2.24, 2.45) is 11.5 Å². The second kappa shape index (κ2) is 4.72. The quantitative estimate of drug-likeness (QED) is 0.736. The zero-order chi connectivity index (χ0) is 9.84. The van der Waals surface area contributed by atoms with Crippen molar-refractivity contribution in [1.82, 2.24) is 0 Å². The highest BCUT2D eigenvalue weighted by molar-refractivity contribution is 9.10. The van der Waals surface area contributed by atoms with Crippen LogP contribution in [-0.4, -0.2) is 17.8 Å². The minimum absolute atomic E-state index is 0.174. The molecule has 2 unspecified atom stereocenters. The monoisotopic (exact) mass is 244 g/mol. The van der Waals surface area contributed by atoms with Gasteiger partial charge in [-0.2, -0.15) is 0 Å². The van der Waals surface area contributed by atoms with Gasteiger partial charge >= 0.3 is 0 Å². The van der Waals surface area contributed by atoms with E-state index in [4.69, 9.17) is 11.5 Å². The lowest BCUT2D eigenvalue weighted by Gasteiger charge is -2.17. The van der Waals surface area contributed by atoms with E-state index in [1.807, 2.05) is 24.3 Å². The van der Waals surface area contributed by atoms with Crippen LogP contribution in [0.5, 0.6) is 0 Å². The van der Waals surface area contributed by atoms with Crippen molar-refractivity contribution in [3.63, 3.8) is 0 Å². The number of rotatable bonds is 3. The molecule has 1 rings (SSSR count). The molecule has 4 heteroatoms. The van der Waals surface area contributed by atoms with Crippen molar-refractivity contribution < 1.29 is 5.11 Å². The van der Waals surface area contributed by atoms with E-state index in [1.54, 1.807) is 0 Å². The Bertz CT molecular complexity index is 280. The van der Waals surface area contributed by atoms with Gasteiger partial charge in [0.15, 0.2) is 0 Å². The number of benzene rings is 1. The molecule has 0 aliphatic rings. The summed E-state index contributed by atoms with van der Waals surface area (Å²) in [5.41, 5.74) is 12.0. The molecule has 1 aromatic rings. The first-order valence-electron chi connectivity index (χ1n) is 4.04. The van der Waals surface area contributed by atoms with E-state index in [2.05, 4.69) is 15.9 Å². The van der Waals surface area contributed by atoms with E-state index >= 15 is 0 Å². The Morgan fingerprint density at radius 3 is 2.69 bits per heavy atom. The van der Waals surface area contributed by atoms with Gasteiger partial charge in [-0.15, -0.1) is 0 Å². The normalized spacial score (nSPS) is 15.4. The summed E-state index contributed by atoms with van der Waals surface area (Å²) in [6.45, 7) is 0.174. The van der Waals surface area contributed by atoms with Gasteiger partial charge in [-0.05, 0) is 17.7 Å². The fourth-order valence-electron chi connectivity index (χ4n) is 1.08. The van der Waals surface area contributed by atoms with E-state index in [-0.39, 0.29) is 6.54 Å². The van der Waals surface area contributed by atoms with Gasteiger partial charge in [-0.25, -0.2) is 0 Å². The Morgan fingerprint density at radius 2 is 2.15 bits per heavy atom. The smallest absolute Gasteiger partial charge is 0.0854 e. The van der Waals surface area contributed by atoms with E-state index in [0.29, 0.717) is 0 Å². The second-order valence-corrected chi connectivity index (χ2v) is 3.80. The molecular weight excluding hydrogens is 232 g/mol. The van der Waals surface area contributed by atoms with Crippen LogP contribution < -0.4 is 11.5 Å².